The molecule has 7 nitrogen and oxygen atoms in total. The van der Waals surface area contributed by atoms with Gasteiger partial charge in [-0.1, -0.05) is 12.1 Å². The second kappa shape index (κ2) is 7.59. The van der Waals surface area contributed by atoms with Gasteiger partial charge in [0.25, 0.3) is 5.91 Å². The molecule has 0 aromatic heterocycles. The van der Waals surface area contributed by atoms with Crippen LogP contribution in [0.4, 0.5) is 0 Å². The monoisotopic (exact) mass is 376 g/mol. The van der Waals surface area contributed by atoms with Crippen LogP contribution >= 0.6 is 0 Å². The van der Waals surface area contributed by atoms with Gasteiger partial charge in [-0.15, -0.1) is 0 Å². The van der Waals surface area contributed by atoms with Crippen molar-refractivity contribution in [1.82, 2.24) is 10.1 Å². The van der Waals surface area contributed by atoms with E-state index in [1.165, 1.54) is 12.2 Å². The van der Waals surface area contributed by atoms with Gasteiger partial charge in [-0.05, 0) is 55.9 Å². The van der Waals surface area contributed by atoms with Crippen molar-refractivity contribution in [3.05, 3.63) is 40.1 Å². The molecule has 3 rings (SSSR count). The third-order valence-electron chi connectivity index (χ3n) is 5.68. The van der Waals surface area contributed by atoms with Gasteiger partial charge in [-0.3, -0.25) is 4.79 Å². The molecule has 0 unspecified atom stereocenters. The first-order valence-corrected chi connectivity index (χ1v) is 9.13. The third kappa shape index (κ3) is 3.25. The first kappa shape index (κ1) is 19.8. The number of aliphatic hydroxyl groups excluding tert-OH is 1. The molecule has 2 heterocycles. The molecule has 1 amide bonds. The van der Waals surface area contributed by atoms with Crippen LogP contribution in [0.5, 0.6) is 0 Å². The lowest BCUT2D eigenvalue weighted by Crippen LogP contribution is -2.55. The van der Waals surface area contributed by atoms with E-state index >= 15 is 0 Å². The molecule has 0 aliphatic carbocycles. The van der Waals surface area contributed by atoms with Gasteiger partial charge in [0, 0.05) is 20.2 Å². The van der Waals surface area contributed by atoms with Crippen molar-refractivity contribution in [2.24, 2.45) is 0 Å². The topological polar surface area (TPSA) is 71.5 Å². The minimum absolute atomic E-state index is 0.0616. The number of aryl methyl sites for hydroxylation is 3. The van der Waals surface area contributed by atoms with Gasteiger partial charge in [0.1, 0.15) is 11.3 Å². The van der Waals surface area contributed by atoms with E-state index in [-0.39, 0.29) is 18.5 Å². The van der Waals surface area contributed by atoms with Crippen LogP contribution in [0.3, 0.4) is 0 Å². The molecule has 1 N–H and O–H groups in total. The summed E-state index contributed by atoms with van der Waals surface area (Å²) in [5.74, 6) is -0.257. The Balaban J connectivity index is 2.08. The summed E-state index contributed by atoms with van der Waals surface area (Å²) in [7, 11) is 3.12. The van der Waals surface area contributed by atoms with E-state index in [1.54, 1.807) is 7.11 Å². The first-order chi connectivity index (χ1) is 12.9. The molecule has 2 aliphatic heterocycles. The standard InChI is InChI=1S/C20H28N2O5/c1-13-10-15(3)16(11-14(13)2)17-18(23)20(6-8-21(26-5)9-7-20)22(19(17)24)27-12-25-4/h10-11,23H,6-9,12H2,1-5H3. The number of nitrogens with zero attached hydrogens (tertiary/aromatic N) is 2. The highest BCUT2D eigenvalue weighted by atomic mass is 16.8. The summed E-state index contributed by atoms with van der Waals surface area (Å²) < 4.78 is 5.01. The van der Waals surface area contributed by atoms with E-state index in [1.807, 2.05) is 38.0 Å². The number of amides is 1. The number of ether oxygens (including phenoxy) is 1. The van der Waals surface area contributed by atoms with E-state index in [0.717, 1.165) is 22.3 Å². The SMILES string of the molecule is COCON1C(=O)C(c2cc(C)c(C)cc2C)=C(O)C12CCN(OC)CC2. The Morgan fingerprint density at radius 2 is 1.70 bits per heavy atom. The minimum Gasteiger partial charge on any atom is -0.509 e. The summed E-state index contributed by atoms with van der Waals surface area (Å²) in [5.41, 5.74) is 3.34. The number of piperidine rings is 1. The fourth-order valence-electron chi connectivity index (χ4n) is 3.96. The van der Waals surface area contributed by atoms with Crippen molar-refractivity contribution in [2.75, 3.05) is 34.1 Å². The number of hydroxylamine groups is 4. The number of methoxy groups -OCH3 is 1. The van der Waals surface area contributed by atoms with Gasteiger partial charge in [0.15, 0.2) is 6.79 Å². The number of carbonyl (C=O) groups is 1. The van der Waals surface area contributed by atoms with Gasteiger partial charge in [0.05, 0.1) is 12.7 Å². The number of hydrogen-bond donors (Lipinski definition) is 1. The Morgan fingerprint density at radius 1 is 1.07 bits per heavy atom. The maximum atomic E-state index is 13.3. The Morgan fingerprint density at radius 3 is 2.30 bits per heavy atom. The van der Waals surface area contributed by atoms with Crippen LogP contribution in [0.2, 0.25) is 0 Å². The quantitative estimate of drug-likeness (QED) is 0.797. The van der Waals surface area contributed by atoms with E-state index in [2.05, 4.69) is 0 Å². The van der Waals surface area contributed by atoms with Crippen molar-refractivity contribution < 1.29 is 24.3 Å². The molecule has 1 fully saturated rings. The predicted molar refractivity (Wildman–Crippen MR) is 101 cm³/mol. The van der Waals surface area contributed by atoms with Crippen molar-refractivity contribution in [2.45, 2.75) is 39.2 Å². The molecular weight excluding hydrogens is 348 g/mol. The maximum absolute atomic E-state index is 13.3. The Hall–Kier alpha value is -1.93. The van der Waals surface area contributed by atoms with Crippen LogP contribution in [0, 0.1) is 20.8 Å². The Bertz CT molecular complexity index is 766. The fourth-order valence-corrected chi connectivity index (χ4v) is 3.96. The third-order valence-corrected chi connectivity index (χ3v) is 5.68. The lowest BCUT2D eigenvalue weighted by atomic mass is 9.85. The highest BCUT2D eigenvalue weighted by molar-refractivity contribution is 6.23. The molecule has 1 aromatic carbocycles. The molecule has 0 saturated carbocycles. The van der Waals surface area contributed by atoms with Crippen LogP contribution < -0.4 is 0 Å². The zero-order valence-electron chi connectivity index (χ0n) is 16.7. The van der Waals surface area contributed by atoms with E-state index in [9.17, 15) is 9.90 Å². The van der Waals surface area contributed by atoms with Crippen LogP contribution in [0.1, 0.15) is 35.1 Å². The summed E-state index contributed by atoms with van der Waals surface area (Å²) >= 11 is 0. The van der Waals surface area contributed by atoms with Crippen molar-refractivity contribution >= 4 is 11.5 Å². The minimum atomic E-state index is -0.898. The molecular formula is C20H28N2O5. The number of benzene rings is 1. The second-order valence-corrected chi connectivity index (χ2v) is 7.25. The summed E-state index contributed by atoms with van der Waals surface area (Å²) in [6, 6.07) is 4.00. The zero-order chi connectivity index (χ0) is 19.8. The van der Waals surface area contributed by atoms with E-state index in [4.69, 9.17) is 14.4 Å². The van der Waals surface area contributed by atoms with Gasteiger partial charge >= 0.3 is 0 Å². The molecule has 2 aliphatic rings. The molecule has 1 spiro atoms. The van der Waals surface area contributed by atoms with Crippen LogP contribution in [0.15, 0.2) is 17.9 Å². The number of hydrogen-bond acceptors (Lipinski definition) is 6. The average molecular weight is 376 g/mol. The van der Waals surface area contributed by atoms with Gasteiger partial charge in [-0.2, -0.15) is 5.06 Å². The van der Waals surface area contributed by atoms with Crippen LogP contribution in [0.25, 0.3) is 5.57 Å². The van der Waals surface area contributed by atoms with Crippen LogP contribution in [-0.4, -0.2) is 60.8 Å². The lowest BCUT2D eigenvalue weighted by molar-refractivity contribution is -0.259. The van der Waals surface area contributed by atoms with Gasteiger partial charge in [-0.25, -0.2) is 9.90 Å². The van der Waals surface area contributed by atoms with Gasteiger partial charge < -0.3 is 14.7 Å². The number of carbonyl (C=O) groups excluding carboxylic acids is 1. The molecule has 1 saturated heterocycles. The number of aliphatic hydroxyl groups is 1. The molecule has 0 bridgehead atoms. The summed E-state index contributed by atoms with van der Waals surface area (Å²) in [4.78, 5) is 24.2. The highest BCUT2D eigenvalue weighted by Crippen LogP contribution is 2.46. The van der Waals surface area contributed by atoms with Crippen molar-refractivity contribution in [3.8, 4) is 0 Å². The Labute approximate surface area is 160 Å². The zero-order valence-corrected chi connectivity index (χ0v) is 16.7. The number of rotatable bonds is 5. The summed E-state index contributed by atoms with van der Waals surface area (Å²) in [5, 5.41) is 14.4. The Kier molecular flexibility index (Phi) is 5.58. The molecule has 7 heteroatoms. The predicted octanol–water partition coefficient (Wildman–Crippen LogP) is 2.65. The highest BCUT2D eigenvalue weighted by Gasteiger charge is 2.55. The maximum Gasteiger partial charge on any atom is 0.282 e. The van der Waals surface area contributed by atoms with E-state index < -0.39 is 5.54 Å². The molecule has 0 radical (unpaired) electrons. The molecule has 148 valence electrons. The molecule has 27 heavy (non-hydrogen) atoms. The lowest BCUT2D eigenvalue weighted by Gasteiger charge is -2.42. The molecule has 1 aromatic rings. The van der Waals surface area contributed by atoms with Crippen LogP contribution in [-0.2, 0) is 19.2 Å². The second-order valence-electron chi connectivity index (χ2n) is 7.25. The smallest absolute Gasteiger partial charge is 0.282 e. The summed E-state index contributed by atoms with van der Waals surface area (Å²) in [6.45, 7) is 7.09. The van der Waals surface area contributed by atoms with Gasteiger partial charge in [0.2, 0.25) is 0 Å². The first-order valence-electron chi connectivity index (χ1n) is 9.13. The summed E-state index contributed by atoms with van der Waals surface area (Å²) in [6.07, 6.45) is 1.02. The largest absolute Gasteiger partial charge is 0.509 e. The normalized spacial score (nSPS) is 20.2. The average Bonchev–Trinajstić information content (AvgIpc) is 2.84. The molecule has 0 atom stereocenters. The van der Waals surface area contributed by atoms with Crippen molar-refractivity contribution in [1.29, 1.82) is 0 Å². The van der Waals surface area contributed by atoms with Crippen molar-refractivity contribution in [3.63, 3.8) is 0 Å². The van der Waals surface area contributed by atoms with E-state index in [0.29, 0.717) is 31.5 Å². The fraction of sp³-hybridized carbons (Fsp3) is 0.550.